The van der Waals surface area contributed by atoms with E-state index in [0.29, 0.717) is 11.3 Å². The number of hydrogen-bond donors (Lipinski definition) is 3. The molecule has 0 aliphatic heterocycles. The molecule has 0 aliphatic carbocycles. The molecule has 5 nitrogen and oxygen atoms in total. The van der Waals surface area contributed by atoms with Gasteiger partial charge in [-0.15, -0.1) is 0 Å². The summed E-state index contributed by atoms with van der Waals surface area (Å²) in [6.45, 7) is 4.22. The van der Waals surface area contributed by atoms with Gasteiger partial charge in [0.15, 0.2) is 0 Å². The van der Waals surface area contributed by atoms with Crippen molar-refractivity contribution in [1.82, 2.24) is 5.32 Å². The third-order valence-electron chi connectivity index (χ3n) is 3.48. The summed E-state index contributed by atoms with van der Waals surface area (Å²) in [7, 11) is 1.58. The maximum Gasteiger partial charge on any atom is 0.251 e. The van der Waals surface area contributed by atoms with Gasteiger partial charge in [0.1, 0.15) is 0 Å². The predicted octanol–water partition coefficient (Wildman–Crippen LogP) is 2.71. The van der Waals surface area contributed by atoms with Gasteiger partial charge in [-0.05, 0) is 49.7 Å². The molecule has 5 heteroatoms. The molecule has 2 aromatic carbocycles. The van der Waals surface area contributed by atoms with Crippen LogP contribution in [0.15, 0.2) is 42.5 Å². The van der Waals surface area contributed by atoms with Crippen molar-refractivity contribution in [3.63, 3.8) is 0 Å². The molecule has 0 bridgehead atoms. The van der Waals surface area contributed by atoms with Gasteiger partial charge in [0.05, 0.1) is 6.54 Å². The van der Waals surface area contributed by atoms with Crippen molar-refractivity contribution in [1.29, 1.82) is 0 Å². The highest BCUT2D eigenvalue weighted by Gasteiger charge is 2.06. The van der Waals surface area contributed by atoms with Gasteiger partial charge >= 0.3 is 0 Å². The van der Waals surface area contributed by atoms with E-state index >= 15 is 0 Å². The first-order valence-corrected chi connectivity index (χ1v) is 7.42. The first kappa shape index (κ1) is 16.5. The average Bonchev–Trinajstić information content (AvgIpc) is 2.54. The van der Waals surface area contributed by atoms with Crippen molar-refractivity contribution in [2.75, 3.05) is 24.2 Å². The molecular formula is C18H21N3O2. The molecule has 0 heterocycles. The fourth-order valence-electron chi connectivity index (χ4n) is 2.24. The Morgan fingerprint density at radius 3 is 2.30 bits per heavy atom. The fourth-order valence-corrected chi connectivity index (χ4v) is 2.24. The highest BCUT2D eigenvalue weighted by atomic mass is 16.2. The van der Waals surface area contributed by atoms with E-state index in [9.17, 15) is 9.59 Å². The molecule has 23 heavy (non-hydrogen) atoms. The van der Waals surface area contributed by atoms with Crippen LogP contribution in [0.1, 0.15) is 21.5 Å². The van der Waals surface area contributed by atoms with Gasteiger partial charge in [0.25, 0.3) is 5.91 Å². The molecule has 3 N–H and O–H groups in total. The molecule has 0 aliphatic rings. The third-order valence-corrected chi connectivity index (χ3v) is 3.48. The molecule has 120 valence electrons. The van der Waals surface area contributed by atoms with Gasteiger partial charge < -0.3 is 16.0 Å². The Morgan fingerprint density at radius 1 is 1.00 bits per heavy atom. The van der Waals surface area contributed by atoms with Crippen molar-refractivity contribution in [3.05, 3.63) is 59.2 Å². The first-order chi connectivity index (χ1) is 11.0. The van der Waals surface area contributed by atoms with Crippen LogP contribution in [0.2, 0.25) is 0 Å². The number of rotatable bonds is 5. The van der Waals surface area contributed by atoms with E-state index in [1.165, 1.54) is 5.56 Å². The molecule has 0 saturated heterocycles. The maximum atomic E-state index is 12.0. The molecule has 0 unspecified atom stereocenters. The lowest BCUT2D eigenvalue weighted by Gasteiger charge is -2.11. The Kier molecular flexibility index (Phi) is 5.36. The molecule has 0 atom stereocenters. The van der Waals surface area contributed by atoms with E-state index in [1.807, 2.05) is 26.0 Å². The molecule has 0 aromatic heterocycles. The summed E-state index contributed by atoms with van der Waals surface area (Å²) < 4.78 is 0. The summed E-state index contributed by atoms with van der Waals surface area (Å²) in [4.78, 5) is 23.4. The second-order valence-electron chi connectivity index (χ2n) is 5.38. The summed E-state index contributed by atoms with van der Waals surface area (Å²) >= 11 is 0. The van der Waals surface area contributed by atoms with E-state index in [4.69, 9.17) is 0 Å². The smallest absolute Gasteiger partial charge is 0.251 e. The van der Waals surface area contributed by atoms with Crippen LogP contribution < -0.4 is 16.0 Å². The van der Waals surface area contributed by atoms with Crippen LogP contribution in [0.25, 0.3) is 0 Å². The Bertz CT molecular complexity index is 709. The number of hydrogen-bond acceptors (Lipinski definition) is 3. The summed E-state index contributed by atoms with van der Waals surface area (Å²) in [5, 5.41) is 8.47. The summed E-state index contributed by atoms with van der Waals surface area (Å²) in [5.74, 6) is -0.294. The maximum absolute atomic E-state index is 12.0. The number of amides is 2. The van der Waals surface area contributed by atoms with Crippen molar-refractivity contribution >= 4 is 23.2 Å². The molecule has 2 rings (SSSR count). The minimum Gasteiger partial charge on any atom is -0.376 e. The van der Waals surface area contributed by atoms with Crippen molar-refractivity contribution in [2.24, 2.45) is 0 Å². The van der Waals surface area contributed by atoms with Gasteiger partial charge in [0.2, 0.25) is 5.91 Å². The molecule has 0 spiro atoms. The Morgan fingerprint density at radius 2 is 1.70 bits per heavy atom. The van der Waals surface area contributed by atoms with Gasteiger partial charge in [-0.25, -0.2) is 0 Å². The van der Waals surface area contributed by atoms with Gasteiger partial charge in [-0.2, -0.15) is 0 Å². The van der Waals surface area contributed by atoms with Crippen LogP contribution in [0.3, 0.4) is 0 Å². The molecule has 2 amide bonds. The summed E-state index contributed by atoms with van der Waals surface area (Å²) in [6.07, 6.45) is 0. The summed E-state index contributed by atoms with van der Waals surface area (Å²) in [6, 6.07) is 12.8. The Labute approximate surface area is 136 Å². The van der Waals surface area contributed by atoms with Crippen LogP contribution >= 0.6 is 0 Å². The van der Waals surface area contributed by atoms with Gasteiger partial charge in [-0.3, -0.25) is 9.59 Å². The minimum absolute atomic E-state index is 0.141. The van der Waals surface area contributed by atoms with Crippen molar-refractivity contribution in [2.45, 2.75) is 13.8 Å². The lowest BCUT2D eigenvalue weighted by atomic mass is 10.1. The third kappa shape index (κ3) is 4.57. The monoisotopic (exact) mass is 311 g/mol. The Hall–Kier alpha value is -2.82. The highest BCUT2D eigenvalue weighted by Crippen LogP contribution is 2.16. The van der Waals surface area contributed by atoms with E-state index in [1.54, 1.807) is 31.3 Å². The van der Waals surface area contributed by atoms with Crippen LogP contribution in [-0.4, -0.2) is 25.4 Å². The van der Waals surface area contributed by atoms with Crippen LogP contribution in [0.5, 0.6) is 0 Å². The quantitative estimate of drug-likeness (QED) is 0.795. The topological polar surface area (TPSA) is 70.2 Å². The molecule has 0 radical (unpaired) electrons. The van der Waals surface area contributed by atoms with Gasteiger partial charge in [0, 0.05) is 24.0 Å². The number of carbonyl (C=O) groups excluding carboxylic acids is 2. The van der Waals surface area contributed by atoms with E-state index < -0.39 is 0 Å². The standard InChI is InChI=1S/C18H21N3O2/c1-12-4-9-16(13(2)10-12)20-11-17(22)21-15-7-5-14(6-8-15)18(23)19-3/h4-10,20H,11H2,1-3H3,(H,19,23)(H,21,22). The minimum atomic E-state index is -0.153. The number of benzene rings is 2. The molecular weight excluding hydrogens is 290 g/mol. The highest BCUT2D eigenvalue weighted by molar-refractivity contribution is 5.96. The van der Waals surface area contributed by atoms with Crippen LogP contribution in [0.4, 0.5) is 11.4 Å². The van der Waals surface area contributed by atoms with Crippen molar-refractivity contribution in [3.8, 4) is 0 Å². The van der Waals surface area contributed by atoms with Crippen LogP contribution in [0, 0.1) is 13.8 Å². The first-order valence-electron chi connectivity index (χ1n) is 7.42. The lowest BCUT2D eigenvalue weighted by Crippen LogP contribution is -2.22. The van der Waals surface area contributed by atoms with Gasteiger partial charge in [-0.1, -0.05) is 17.7 Å². The molecule has 0 fully saturated rings. The van der Waals surface area contributed by atoms with E-state index in [-0.39, 0.29) is 18.4 Å². The second-order valence-corrected chi connectivity index (χ2v) is 5.38. The van der Waals surface area contributed by atoms with E-state index in [2.05, 4.69) is 22.0 Å². The second kappa shape index (κ2) is 7.45. The average molecular weight is 311 g/mol. The largest absolute Gasteiger partial charge is 0.376 e. The number of carbonyl (C=O) groups is 2. The SMILES string of the molecule is CNC(=O)c1ccc(NC(=O)CNc2ccc(C)cc2C)cc1. The number of aryl methyl sites for hydroxylation is 2. The summed E-state index contributed by atoms with van der Waals surface area (Å²) in [5.41, 5.74) is 4.45. The fraction of sp³-hybridized carbons (Fsp3) is 0.222. The normalized spacial score (nSPS) is 10.0. The molecule has 0 saturated carbocycles. The lowest BCUT2D eigenvalue weighted by molar-refractivity contribution is -0.114. The Balaban J connectivity index is 1.90. The number of nitrogens with one attached hydrogen (secondary N) is 3. The zero-order chi connectivity index (χ0) is 16.8. The number of anilines is 2. The van der Waals surface area contributed by atoms with Crippen molar-refractivity contribution < 1.29 is 9.59 Å². The molecule has 2 aromatic rings. The zero-order valence-corrected chi connectivity index (χ0v) is 13.6. The zero-order valence-electron chi connectivity index (χ0n) is 13.6. The predicted molar refractivity (Wildman–Crippen MR) is 92.9 cm³/mol. The van der Waals surface area contributed by atoms with E-state index in [0.717, 1.165) is 11.3 Å². The van der Waals surface area contributed by atoms with Crippen LogP contribution in [-0.2, 0) is 4.79 Å².